The minimum atomic E-state index is -1.55. The van der Waals surface area contributed by atoms with Gasteiger partial charge in [0.2, 0.25) is 5.79 Å². The van der Waals surface area contributed by atoms with Crippen molar-refractivity contribution in [3.05, 3.63) is 32.6 Å². The van der Waals surface area contributed by atoms with E-state index in [9.17, 15) is 19.8 Å². The number of hydrogen-bond acceptors (Lipinski definition) is 6. The van der Waals surface area contributed by atoms with Gasteiger partial charge in [-0.15, -0.1) is 0 Å². The van der Waals surface area contributed by atoms with E-state index >= 15 is 0 Å². The van der Waals surface area contributed by atoms with E-state index in [0.717, 1.165) is 4.57 Å². The SMILES string of the molecule is COC1(CO)OC(n2cc(C)c(=O)[nH]c2=O)CC1O. The molecule has 2 heterocycles. The fourth-order valence-electron chi connectivity index (χ4n) is 2.09. The van der Waals surface area contributed by atoms with Crippen LogP contribution in [-0.2, 0) is 9.47 Å². The molecular weight excluding hydrogens is 256 g/mol. The molecule has 1 aromatic heterocycles. The van der Waals surface area contributed by atoms with E-state index in [1.807, 2.05) is 0 Å². The van der Waals surface area contributed by atoms with E-state index in [0.29, 0.717) is 5.56 Å². The van der Waals surface area contributed by atoms with E-state index in [4.69, 9.17) is 9.47 Å². The Bertz CT molecular complexity index is 573. The average Bonchev–Trinajstić information content (AvgIpc) is 2.71. The second kappa shape index (κ2) is 4.89. The molecule has 0 amide bonds. The summed E-state index contributed by atoms with van der Waals surface area (Å²) in [6, 6.07) is 0. The number of nitrogens with one attached hydrogen (secondary N) is 1. The van der Waals surface area contributed by atoms with E-state index in [-0.39, 0.29) is 6.42 Å². The summed E-state index contributed by atoms with van der Waals surface area (Å²) in [5.74, 6) is -1.55. The Labute approximate surface area is 108 Å². The number of aromatic nitrogens is 2. The smallest absolute Gasteiger partial charge is 0.330 e. The molecule has 8 nitrogen and oxygen atoms in total. The monoisotopic (exact) mass is 272 g/mol. The second-order valence-electron chi connectivity index (χ2n) is 4.48. The molecule has 1 fully saturated rings. The molecule has 0 spiro atoms. The van der Waals surface area contributed by atoms with Crippen LogP contribution < -0.4 is 11.2 Å². The van der Waals surface area contributed by atoms with Crippen molar-refractivity contribution in [3.63, 3.8) is 0 Å². The topological polar surface area (TPSA) is 114 Å². The molecule has 3 N–H and O–H groups in total. The van der Waals surface area contributed by atoms with Crippen LogP contribution >= 0.6 is 0 Å². The standard InChI is InChI=1S/C11H16N2O6/c1-6-4-13(10(17)12-9(6)16)8-3-7(15)11(5-14,18-2)19-8/h4,7-8,14-15H,3,5H2,1-2H3,(H,12,16,17). The van der Waals surface area contributed by atoms with Gasteiger partial charge in [0.1, 0.15) is 12.3 Å². The first-order valence-corrected chi connectivity index (χ1v) is 5.77. The number of aliphatic hydroxyl groups excluding tert-OH is 2. The van der Waals surface area contributed by atoms with Crippen LogP contribution in [0.1, 0.15) is 18.2 Å². The van der Waals surface area contributed by atoms with Crippen molar-refractivity contribution >= 4 is 0 Å². The van der Waals surface area contributed by atoms with E-state index < -0.39 is 36.0 Å². The van der Waals surface area contributed by atoms with Gasteiger partial charge >= 0.3 is 5.69 Å². The third kappa shape index (κ3) is 2.23. The van der Waals surface area contributed by atoms with E-state index in [2.05, 4.69) is 4.98 Å². The molecule has 1 aliphatic rings. The Morgan fingerprint density at radius 2 is 2.32 bits per heavy atom. The van der Waals surface area contributed by atoms with Gasteiger partial charge in [0, 0.05) is 25.3 Å². The van der Waals surface area contributed by atoms with Crippen LogP contribution in [-0.4, -0.2) is 45.4 Å². The van der Waals surface area contributed by atoms with Crippen LogP contribution in [0.5, 0.6) is 0 Å². The van der Waals surface area contributed by atoms with Crippen molar-refractivity contribution in [2.24, 2.45) is 0 Å². The van der Waals surface area contributed by atoms with Gasteiger partial charge in [-0.25, -0.2) is 4.79 Å². The van der Waals surface area contributed by atoms with Gasteiger partial charge in [0.25, 0.3) is 5.56 Å². The van der Waals surface area contributed by atoms with Crippen molar-refractivity contribution in [1.82, 2.24) is 9.55 Å². The van der Waals surface area contributed by atoms with Crippen LogP contribution in [0.3, 0.4) is 0 Å². The quantitative estimate of drug-likeness (QED) is 0.614. The lowest BCUT2D eigenvalue weighted by Gasteiger charge is -2.28. The first-order valence-electron chi connectivity index (χ1n) is 5.77. The van der Waals surface area contributed by atoms with Crippen LogP contribution in [0.4, 0.5) is 0 Å². The lowest BCUT2D eigenvalue weighted by atomic mass is 10.1. The van der Waals surface area contributed by atoms with Gasteiger partial charge < -0.3 is 19.7 Å². The number of aryl methyl sites for hydroxylation is 1. The summed E-state index contributed by atoms with van der Waals surface area (Å²) in [6.07, 6.45) is -0.474. The third-order valence-electron chi connectivity index (χ3n) is 3.29. The zero-order chi connectivity index (χ0) is 14.2. The largest absolute Gasteiger partial charge is 0.391 e. The zero-order valence-electron chi connectivity index (χ0n) is 10.6. The fraction of sp³-hybridized carbons (Fsp3) is 0.636. The minimum absolute atomic E-state index is 0.0692. The maximum Gasteiger partial charge on any atom is 0.330 e. The number of methoxy groups -OCH3 is 1. The average molecular weight is 272 g/mol. The van der Waals surface area contributed by atoms with Crippen LogP contribution in [0.15, 0.2) is 15.8 Å². The highest BCUT2D eigenvalue weighted by Crippen LogP contribution is 2.36. The Balaban J connectivity index is 2.38. The van der Waals surface area contributed by atoms with Gasteiger partial charge in [-0.05, 0) is 6.92 Å². The Hall–Kier alpha value is -1.48. The van der Waals surface area contributed by atoms with Gasteiger partial charge in [0.05, 0.1) is 6.61 Å². The first-order chi connectivity index (χ1) is 8.93. The van der Waals surface area contributed by atoms with Crippen LogP contribution in [0, 0.1) is 6.92 Å². The van der Waals surface area contributed by atoms with Crippen molar-refractivity contribution < 1.29 is 19.7 Å². The van der Waals surface area contributed by atoms with Gasteiger partial charge in [-0.3, -0.25) is 14.3 Å². The highest BCUT2D eigenvalue weighted by molar-refractivity contribution is 5.02. The number of hydrogen-bond donors (Lipinski definition) is 3. The molecule has 1 aromatic rings. The Morgan fingerprint density at radius 3 is 2.84 bits per heavy atom. The molecule has 0 aromatic carbocycles. The fourth-order valence-corrected chi connectivity index (χ4v) is 2.09. The Morgan fingerprint density at radius 1 is 1.63 bits per heavy atom. The molecule has 3 atom stereocenters. The van der Waals surface area contributed by atoms with Gasteiger partial charge in [-0.1, -0.05) is 0 Å². The summed E-state index contributed by atoms with van der Waals surface area (Å²) in [4.78, 5) is 25.2. The van der Waals surface area contributed by atoms with Crippen molar-refractivity contribution in [3.8, 4) is 0 Å². The zero-order valence-corrected chi connectivity index (χ0v) is 10.6. The molecule has 106 valence electrons. The second-order valence-corrected chi connectivity index (χ2v) is 4.48. The lowest BCUT2D eigenvalue weighted by molar-refractivity contribution is -0.269. The van der Waals surface area contributed by atoms with Crippen molar-refractivity contribution in [2.75, 3.05) is 13.7 Å². The summed E-state index contributed by atoms with van der Waals surface area (Å²) in [7, 11) is 1.29. The molecule has 0 saturated carbocycles. The summed E-state index contributed by atoms with van der Waals surface area (Å²) >= 11 is 0. The highest BCUT2D eigenvalue weighted by atomic mass is 16.7. The molecule has 8 heteroatoms. The van der Waals surface area contributed by atoms with Gasteiger partial charge in [0.15, 0.2) is 0 Å². The molecule has 1 saturated heterocycles. The number of ether oxygens (including phenoxy) is 2. The van der Waals surface area contributed by atoms with Gasteiger partial charge in [-0.2, -0.15) is 0 Å². The maximum atomic E-state index is 11.7. The number of nitrogens with zero attached hydrogens (tertiary/aromatic N) is 1. The molecule has 0 radical (unpaired) electrons. The van der Waals surface area contributed by atoms with E-state index in [1.54, 1.807) is 6.92 Å². The number of aromatic amines is 1. The molecule has 3 unspecified atom stereocenters. The maximum absolute atomic E-state index is 11.7. The number of H-pyrrole nitrogens is 1. The Kier molecular flexibility index (Phi) is 3.59. The van der Waals surface area contributed by atoms with Crippen LogP contribution in [0.2, 0.25) is 0 Å². The minimum Gasteiger partial charge on any atom is -0.391 e. The number of aliphatic hydroxyl groups is 2. The molecule has 1 aliphatic heterocycles. The summed E-state index contributed by atoms with van der Waals surface area (Å²) in [5.41, 5.74) is -0.769. The van der Waals surface area contributed by atoms with Crippen LogP contribution in [0.25, 0.3) is 0 Å². The predicted molar refractivity (Wildman–Crippen MR) is 63.6 cm³/mol. The first kappa shape index (κ1) is 13.9. The summed E-state index contributed by atoms with van der Waals surface area (Å²) < 4.78 is 11.6. The highest BCUT2D eigenvalue weighted by Gasteiger charge is 2.49. The predicted octanol–water partition coefficient (Wildman–Crippen LogP) is -1.54. The molecule has 0 bridgehead atoms. The molecule has 2 rings (SSSR count). The lowest BCUT2D eigenvalue weighted by Crippen LogP contribution is -2.45. The normalized spacial score (nSPS) is 30.7. The van der Waals surface area contributed by atoms with Crippen molar-refractivity contribution in [1.29, 1.82) is 0 Å². The summed E-state index contributed by atoms with van der Waals surface area (Å²) in [6.45, 7) is 1.01. The molecule has 0 aliphatic carbocycles. The summed E-state index contributed by atoms with van der Waals surface area (Å²) in [5, 5.41) is 19.2. The van der Waals surface area contributed by atoms with E-state index in [1.165, 1.54) is 13.3 Å². The third-order valence-corrected chi connectivity index (χ3v) is 3.29. The number of rotatable bonds is 3. The molecular formula is C11H16N2O6. The molecule has 19 heavy (non-hydrogen) atoms. The van der Waals surface area contributed by atoms with Crippen molar-refractivity contribution in [2.45, 2.75) is 31.5 Å².